The number of likely N-dealkylation sites (tertiary alicyclic amines) is 1. The number of morpholine rings is 1. The van der Waals surface area contributed by atoms with Gasteiger partial charge in [0.1, 0.15) is 11.5 Å². The fraction of sp³-hybridized carbons (Fsp3) is 0.577. The molecule has 2 amide bonds. The summed E-state index contributed by atoms with van der Waals surface area (Å²) in [7, 11) is 1.62. The van der Waals surface area contributed by atoms with Crippen LogP contribution in [0.5, 0.6) is 5.75 Å². The van der Waals surface area contributed by atoms with Gasteiger partial charge in [0.25, 0.3) is 0 Å². The lowest BCUT2D eigenvalue weighted by molar-refractivity contribution is -0.274. The number of halogens is 3. The van der Waals surface area contributed by atoms with Crippen molar-refractivity contribution in [3.63, 3.8) is 0 Å². The average molecular weight is 497 g/mol. The number of allylic oxidation sites excluding steroid dienone is 2. The Balaban J connectivity index is 1.84. The molecule has 2 aliphatic heterocycles. The molecule has 194 valence electrons. The first-order valence-electron chi connectivity index (χ1n) is 12.0. The third-order valence-corrected chi connectivity index (χ3v) is 6.24. The first kappa shape index (κ1) is 26.9. The number of rotatable bonds is 7. The number of methoxy groups -OCH3 is 1. The lowest BCUT2D eigenvalue weighted by Gasteiger charge is -2.41. The Labute approximate surface area is 205 Å². The van der Waals surface area contributed by atoms with E-state index in [1.54, 1.807) is 24.1 Å². The maximum atomic E-state index is 13.3. The Morgan fingerprint density at radius 1 is 1.17 bits per heavy atom. The lowest BCUT2D eigenvalue weighted by atomic mass is 9.83. The Morgan fingerprint density at radius 3 is 2.40 bits per heavy atom. The highest BCUT2D eigenvalue weighted by Crippen LogP contribution is 2.36. The maximum Gasteiger partial charge on any atom is 0.573 e. The van der Waals surface area contributed by atoms with Gasteiger partial charge in [-0.15, -0.1) is 13.2 Å². The second-order valence-corrected chi connectivity index (χ2v) is 9.54. The van der Waals surface area contributed by atoms with Gasteiger partial charge in [-0.25, -0.2) is 4.79 Å². The molecular formula is C26H35F3N2O4. The van der Waals surface area contributed by atoms with Crippen LogP contribution in [0.15, 0.2) is 48.3 Å². The summed E-state index contributed by atoms with van der Waals surface area (Å²) in [5.41, 5.74) is 1.80. The van der Waals surface area contributed by atoms with Crippen LogP contribution in [0.25, 0.3) is 0 Å². The van der Waals surface area contributed by atoms with Crippen LogP contribution in [-0.2, 0) is 9.47 Å². The summed E-state index contributed by atoms with van der Waals surface area (Å²) in [6.45, 7) is 11.4. The molecular weight excluding hydrogens is 461 g/mol. The summed E-state index contributed by atoms with van der Waals surface area (Å²) >= 11 is 0. The van der Waals surface area contributed by atoms with Gasteiger partial charge in [0, 0.05) is 38.0 Å². The largest absolute Gasteiger partial charge is 0.573 e. The van der Waals surface area contributed by atoms with Crippen molar-refractivity contribution >= 4 is 6.03 Å². The van der Waals surface area contributed by atoms with Crippen molar-refractivity contribution in [1.29, 1.82) is 0 Å². The number of piperidine rings is 1. The van der Waals surface area contributed by atoms with Crippen LogP contribution >= 0.6 is 0 Å². The number of ether oxygens (including phenoxy) is 3. The Morgan fingerprint density at radius 2 is 1.83 bits per heavy atom. The van der Waals surface area contributed by atoms with E-state index >= 15 is 0 Å². The molecule has 35 heavy (non-hydrogen) atoms. The van der Waals surface area contributed by atoms with Crippen LogP contribution in [0.3, 0.4) is 0 Å². The Bertz CT molecular complexity index is 893. The van der Waals surface area contributed by atoms with Gasteiger partial charge in [-0.3, -0.25) is 0 Å². The molecule has 2 unspecified atom stereocenters. The van der Waals surface area contributed by atoms with Gasteiger partial charge in [0.05, 0.1) is 20.3 Å². The Kier molecular flexibility index (Phi) is 9.10. The van der Waals surface area contributed by atoms with E-state index in [4.69, 9.17) is 9.47 Å². The normalized spacial score (nSPS) is 21.7. The monoisotopic (exact) mass is 496 g/mol. The number of benzene rings is 1. The van der Waals surface area contributed by atoms with E-state index in [-0.39, 0.29) is 23.6 Å². The number of nitrogens with zero attached hydrogens (tertiary/aromatic N) is 2. The molecule has 3 rings (SSSR count). The second-order valence-electron chi connectivity index (χ2n) is 9.54. The van der Waals surface area contributed by atoms with Crippen molar-refractivity contribution in [2.45, 2.75) is 39.0 Å². The van der Waals surface area contributed by atoms with Crippen molar-refractivity contribution in [3.8, 4) is 5.75 Å². The van der Waals surface area contributed by atoms with Crippen LogP contribution in [-0.4, -0.2) is 68.7 Å². The molecule has 2 atom stereocenters. The number of hydrogen-bond donors (Lipinski definition) is 0. The highest BCUT2D eigenvalue weighted by Gasteiger charge is 2.36. The van der Waals surface area contributed by atoms with Gasteiger partial charge in [0.15, 0.2) is 0 Å². The van der Waals surface area contributed by atoms with Crippen molar-refractivity contribution in [1.82, 2.24) is 9.80 Å². The van der Waals surface area contributed by atoms with Crippen LogP contribution in [0, 0.1) is 11.8 Å². The summed E-state index contributed by atoms with van der Waals surface area (Å²) in [6, 6.07) is 5.85. The molecule has 2 saturated heterocycles. The quantitative estimate of drug-likeness (QED) is 0.366. The number of alkyl halides is 3. The highest BCUT2D eigenvalue weighted by atomic mass is 19.4. The predicted octanol–water partition coefficient (Wildman–Crippen LogP) is 5.58. The van der Waals surface area contributed by atoms with E-state index in [0.717, 1.165) is 23.3 Å². The first-order chi connectivity index (χ1) is 16.6. The predicted molar refractivity (Wildman–Crippen MR) is 127 cm³/mol. The number of carbonyl (C=O) groups is 1. The third kappa shape index (κ3) is 7.92. The van der Waals surface area contributed by atoms with Crippen molar-refractivity contribution in [2.75, 3.05) is 46.5 Å². The van der Waals surface area contributed by atoms with Gasteiger partial charge in [-0.2, -0.15) is 0 Å². The summed E-state index contributed by atoms with van der Waals surface area (Å²) < 4.78 is 52.9. The molecule has 6 nitrogen and oxygen atoms in total. The van der Waals surface area contributed by atoms with E-state index < -0.39 is 6.36 Å². The van der Waals surface area contributed by atoms with E-state index in [9.17, 15) is 18.0 Å². The molecule has 0 aliphatic carbocycles. The fourth-order valence-corrected chi connectivity index (χ4v) is 4.73. The fourth-order valence-electron chi connectivity index (χ4n) is 4.73. The van der Waals surface area contributed by atoms with E-state index in [1.165, 1.54) is 12.1 Å². The molecule has 2 heterocycles. The molecule has 0 N–H and O–H groups in total. The van der Waals surface area contributed by atoms with Gasteiger partial charge in [0.2, 0.25) is 0 Å². The summed E-state index contributed by atoms with van der Waals surface area (Å²) in [6.07, 6.45) is -1.25. The molecule has 2 aliphatic rings. The minimum absolute atomic E-state index is 0.0588. The molecule has 0 radical (unpaired) electrons. The van der Waals surface area contributed by atoms with Crippen LogP contribution in [0.2, 0.25) is 0 Å². The molecule has 1 aromatic carbocycles. The minimum Gasteiger partial charge on any atom is -0.501 e. The molecule has 0 spiro atoms. The molecule has 0 aromatic heterocycles. The summed E-state index contributed by atoms with van der Waals surface area (Å²) in [5, 5.41) is 0. The van der Waals surface area contributed by atoms with Gasteiger partial charge >= 0.3 is 12.4 Å². The molecule has 0 saturated carbocycles. The number of amides is 2. The van der Waals surface area contributed by atoms with Gasteiger partial charge in [-0.1, -0.05) is 38.1 Å². The molecule has 0 bridgehead atoms. The van der Waals surface area contributed by atoms with Gasteiger partial charge in [-0.05, 0) is 42.5 Å². The number of urea groups is 1. The Hall–Kier alpha value is -2.68. The zero-order valence-corrected chi connectivity index (χ0v) is 20.6. The van der Waals surface area contributed by atoms with Crippen LogP contribution in [0.4, 0.5) is 18.0 Å². The summed E-state index contributed by atoms with van der Waals surface area (Å²) in [4.78, 5) is 16.9. The van der Waals surface area contributed by atoms with Gasteiger partial charge < -0.3 is 24.0 Å². The molecule has 2 fully saturated rings. The second kappa shape index (κ2) is 11.8. The SMILES string of the molecule is C=C(/C=C(\OC)C1CC(c2ccc(OC(F)(F)F)cc2)CN(C(=O)N2CCOCC2)C1)CC(C)C. The van der Waals surface area contributed by atoms with E-state index in [2.05, 4.69) is 25.2 Å². The third-order valence-electron chi connectivity index (χ3n) is 6.24. The van der Waals surface area contributed by atoms with E-state index in [0.29, 0.717) is 51.7 Å². The smallest absolute Gasteiger partial charge is 0.501 e. The lowest BCUT2D eigenvalue weighted by Crippen LogP contribution is -2.52. The summed E-state index contributed by atoms with van der Waals surface area (Å²) in [5.74, 6) is 0.802. The first-order valence-corrected chi connectivity index (χ1v) is 12.0. The highest BCUT2D eigenvalue weighted by molar-refractivity contribution is 5.75. The van der Waals surface area contributed by atoms with Crippen LogP contribution < -0.4 is 4.74 Å². The average Bonchev–Trinajstić information content (AvgIpc) is 2.81. The van der Waals surface area contributed by atoms with Crippen molar-refractivity contribution in [2.24, 2.45) is 11.8 Å². The van der Waals surface area contributed by atoms with E-state index in [1.807, 2.05) is 11.0 Å². The number of hydrogen-bond acceptors (Lipinski definition) is 4. The molecule has 1 aromatic rings. The number of carbonyl (C=O) groups excluding carboxylic acids is 1. The minimum atomic E-state index is -4.74. The van der Waals surface area contributed by atoms with Crippen molar-refractivity contribution < 1.29 is 32.2 Å². The standard InChI is InChI=1S/C26H35F3N2O4/c1-18(2)13-19(3)14-24(33-4)22-15-21(20-5-7-23(8-6-20)35-26(27,28)29)16-31(17-22)25(32)30-9-11-34-12-10-30/h5-8,14,18,21-22H,3,9-13,15-17H2,1-2,4H3/b24-14-. The van der Waals surface area contributed by atoms with Crippen molar-refractivity contribution in [3.05, 3.63) is 53.8 Å². The van der Waals surface area contributed by atoms with Crippen LogP contribution in [0.1, 0.15) is 38.2 Å². The zero-order valence-electron chi connectivity index (χ0n) is 20.6. The maximum absolute atomic E-state index is 13.3. The topological polar surface area (TPSA) is 51.2 Å². The zero-order chi connectivity index (χ0) is 25.6. The molecule has 9 heteroatoms.